The Morgan fingerprint density at radius 3 is 2.69 bits per heavy atom. The molecule has 1 aromatic heterocycles. The molecule has 0 saturated heterocycles. The molecule has 2 aromatic carbocycles. The number of phenolic OH excluding ortho intramolecular Hbond substituents is 1. The Kier molecular flexibility index (Phi) is 5.63. The van der Waals surface area contributed by atoms with Crippen LogP contribution in [0.1, 0.15) is 11.3 Å². The maximum absolute atomic E-state index is 13.6. The molecule has 0 saturated carbocycles. The summed E-state index contributed by atoms with van der Waals surface area (Å²) >= 11 is 6.68. The zero-order valence-electron chi connectivity index (χ0n) is 13.5. The molecule has 0 atom stereocenters. The quantitative estimate of drug-likeness (QED) is 0.395. The minimum absolute atomic E-state index is 0.0413. The van der Waals surface area contributed by atoms with Gasteiger partial charge >= 0.3 is 0 Å². The van der Waals surface area contributed by atoms with Gasteiger partial charge in [-0.05, 0) is 41.1 Å². The lowest BCUT2D eigenvalue weighted by Crippen LogP contribution is -2.00. The number of hydrogen-bond acceptors (Lipinski definition) is 5. The average Bonchev–Trinajstić information content (AvgIpc) is 2.59. The van der Waals surface area contributed by atoms with Crippen molar-refractivity contribution in [2.45, 2.75) is 6.92 Å². The van der Waals surface area contributed by atoms with Gasteiger partial charge in [0.25, 0.3) is 0 Å². The Morgan fingerprint density at radius 2 is 1.92 bits per heavy atom. The highest BCUT2D eigenvalue weighted by Crippen LogP contribution is 2.37. The second-order valence-electron chi connectivity index (χ2n) is 5.39. The average molecular weight is 480 g/mol. The normalized spacial score (nSPS) is 11.1. The summed E-state index contributed by atoms with van der Waals surface area (Å²) in [6.45, 7) is 1.81. The molecule has 3 rings (SSSR count). The van der Waals surface area contributed by atoms with Crippen molar-refractivity contribution in [3.05, 3.63) is 68.5 Å². The molecule has 5 nitrogen and oxygen atoms in total. The van der Waals surface area contributed by atoms with Gasteiger partial charge < -0.3 is 5.11 Å². The summed E-state index contributed by atoms with van der Waals surface area (Å²) in [5, 5.41) is 14.3. The molecular weight excluding hydrogens is 467 g/mol. The summed E-state index contributed by atoms with van der Waals surface area (Å²) in [5.41, 5.74) is 4.28. The number of aromatic nitrogens is 2. The van der Waals surface area contributed by atoms with E-state index in [-0.39, 0.29) is 11.6 Å². The minimum atomic E-state index is -0.360. The van der Waals surface area contributed by atoms with Crippen LogP contribution in [0.15, 0.2) is 56.5 Å². The van der Waals surface area contributed by atoms with Gasteiger partial charge in [-0.2, -0.15) is 5.10 Å². The molecule has 0 amide bonds. The van der Waals surface area contributed by atoms with Crippen molar-refractivity contribution in [2.24, 2.45) is 5.10 Å². The standard InChI is InChI=1S/C18H13Br2FN4O/c1-10-6-16(25-22-9-11-4-2-3-5-15(11)21)24-18(23-10)13-7-12(19)8-14(20)17(13)26/h2-9,26H,1H3,(H,23,24,25)/b22-9+. The lowest BCUT2D eigenvalue weighted by atomic mass is 10.2. The molecule has 0 aliphatic heterocycles. The number of aryl methyl sites for hydroxylation is 1. The van der Waals surface area contributed by atoms with E-state index in [9.17, 15) is 9.50 Å². The third-order valence-electron chi connectivity index (χ3n) is 3.41. The van der Waals surface area contributed by atoms with Crippen LogP contribution < -0.4 is 5.43 Å². The number of nitrogens with zero attached hydrogens (tertiary/aromatic N) is 3. The van der Waals surface area contributed by atoms with Crippen molar-refractivity contribution in [3.8, 4) is 17.1 Å². The Hall–Kier alpha value is -2.32. The predicted octanol–water partition coefficient (Wildman–Crippen LogP) is 5.27. The number of hydrazone groups is 1. The molecule has 1 heterocycles. The van der Waals surface area contributed by atoms with Gasteiger partial charge in [0.05, 0.1) is 16.3 Å². The first-order valence-corrected chi connectivity index (χ1v) is 9.10. The summed E-state index contributed by atoms with van der Waals surface area (Å²) < 4.78 is 14.9. The van der Waals surface area contributed by atoms with Crippen LogP contribution in [0.25, 0.3) is 11.4 Å². The largest absolute Gasteiger partial charge is 0.506 e. The molecule has 2 N–H and O–H groups in total. The fourth-order valence-corrected chi connectivity index (χ4v) is 3.46. The van der Waals surface area contributed by atoms with Gasteiger partial charge in [-0.15, -0.1) is 0 Å². The number of anilines is 1. The van der Waals surface area contributed by atoms with Gasteiger partial charge in [0.2, 0.25) is 0 Å². The zero-order valence-corrected chi connectivity index (χ0v) is 16.7. The summed E-state index contributed by atoms with van der Waals surface area (Å²) in [6.07, 6.45) is 1.37. The molecule has 8 heteroatoms. The van der Waals surface area contributed by atoms with E-state index in [1.807, 2.05) is 0 Å². The van der Waals surface area contributed by atoms with Gasteiger partial charge in [-0.25, -0.2) is 14.4 Å². The van der Waals surface area contributed by atoms with Crippen molar-refractivity contribution in [3.63, 3.8) is 0 Å². The van der Waals surface area contributed by atoms with Crippen molar-refractivity contribution < 1.29 is 9.50 Å². The third-order valence-corrected chi connectivity index (χ3v) is 4.47. The first kappa shape index (κ1) is 18.5. The molecule has 0 radical (unpaired) electrons. The van der Waals surface area contributed by atoms with Crippen LogP contribution in [0.5, 0.6) is 5.75 Å². The van der Waals surface area contributed by atoms with Gasteiger partial charge in [-0.1, -0.05) is 34.1 Å². The first-order valence-electron chi connectivity index (χ1n) is 7.51. The fourth-order valence-electron chi connectivity index (χ4n) is 2.23. The fraction of sp³-hybridized carbons (Fsp3) is 0.0556. The number of hydrogen-bond donors (Lipinski definition) is 2. The molecule has 0 unspecified atom stereocenters. The van der Waals surface area contributed by atoms with Crippen LogP contribution in [-0.4, -0.2) is 21.3 Å². The van der Waals surface area contributed by atoms with Crippen LogP contribution in [0.3, 0.4) is 0 Å². The molecular formula is C18H13Br2FN4O. The summed E-state index contributed by atoms with van der Waals surface area (Å²) in [6, 6.07) is 11.5. The highest BCUT2D eigenvalue weighted by atomic mass is 79.9. The topological polar surface area (TPSA) is 70.4 Å². The number of rotatable bonds is 4. The molecule has 0 aliphatic rings. The van der Waals surface area contributed by atoms with Crippen molar-refractivity contribution in [2.75, 3.05) is 5.43 Å². The summed E-state index contributed by atoms with van der Waals surface area (Å²) in [7, 11) is 0. The second-order valence-corrected chi connectivity index (χ2v) is 7.16. The molecule has 0 spiro atoms. The van der Waals surface area contributed by atoms with Crippen molar-refractivity contribution >= 4 is 43.9 Å². The van der Waals surface area contributed by atoms with Gasteiger partial charge in [-0.3, -0.25) is 5.43 Å². The molecule has 132 valence electrons. The van der Waals surface area contributed by atoms with E-state index >= 15 is 0 Å². The Labute approximate surface area is 166 Å². The first-order chi connectivity index (χ1) is 12.4. The van der Waals surface area contributed by atoms with Gasteiger partial charge in [0, 0.05) is 21.8 Å². The number of halogens is 3. The summed E-state index contributed by atoms with van der Waals surface area (Å²) in [5.74, 6) is 0.449. The molecule has 3 aromatic rings. The van der Waals surface area contributed by atoms with Gasteiger partial charge in [0.1, 0.15) is 11.6 Å². The smallest absolute Gasteiger partial charge is 0.165 e. The number of nitrogens with one attached hydrogen (secondary N) is 1. The molecule has 0 bridgehead atoms. The predicted molar refractivity (Wildman–Crippen MR) is 107 cm³/mol. The Bertz CT molecular complexity index is 995. The monoisotopic (exact) mass is 478 g/mol. The van der Waals surface area contributed by atoms with Crippen LogP contribution in [0, 0.1) is 12.7 Å². The third kappa shape index (κ3) is 4.25. The van der Waals surface area contributed by atoms with E-state index < -0.39 is 0 Å². The Morgan fingerprint density at radius 1 is 1.15 bits per heavy atom. The van der Waals surface area contributed by atoms with Crippen LogP contribution in [0.2, 0.25) is 0 Å². The lowest BCUT2D eigenvalue weighted by Gasteiger charge is -2.09. The van der Waals surface area contributed by atoms with Gasteiger partial charge in [0.15, 0.2) is 11.6 Å². The molecule has 0 fully saturated rings. The number of aromatic hydroxyl groups is 1. The van der Waals surface area contributed by atoms with Crippen LogP contribution in [0.4, 0.5) is 10.2 Å². The molecule has 26 heavy (non-hydrogen) atoms. The van der Waals surface area contributed by atoms with E-state index in [0.29, 0.717) is 32.9 Å². The maximum atomic E-state index is 13.6. The Balaban J connectivity index is 1.90. The highest BCUT2D eigenvalue weighted by Gasteiger charge is 2.13. The van der Waals surface area contributed by atoms with Crippen molar-refractivity contribution in [1.82, 2.24) is 9.97 Å². The lowest BCUT2D eigenvalue weighted by molar-refractivity contribution is 0.473. The second kappa shape index (κ2) is 7.92. The van der Waals surface area contributed by atoms with Crippen LogP contribution >= 0.6 is 31.9 Å². The van der Waals surface area contributed by atoms with Crippen LogP contribution in [-0.2, 0) is 0 Å². The maximum Gasteiger partial charge on any atom is 0.165 e. The highest BCUT2D eigenvalue weighted by molar-refractivity contribution is 9.11. The zero-order chi connectivity index (χ0) is 18.7. The van der Waals surface area contributed by atoms with E-state index in [0.717, 1.165) is 4.47 Å². The van der Waals surface area contributed by atoms with E-state index in [2.05, 4.69) is 52.4 Å². The number of phenols is 1. The van der Waals surface area contributed by atoms with E-state index in [1.165, 1.54) is 12.3 Å². The minimum Gasteiger partial charge on any atom is -0.506 e. The van der Waals surface area contributed by atoms with E-state index in [4.69, 9.17) is 0 Å². The SMILES string of the molecule is Cc1cc(N/N=C/c2ccccc2F)nc(-c2cc(Br)cc(Br)c2O)n1. The summed E-state index contributed by atoms with van der Waals surface area (Å²) in [4.78, 5) is 8.73. The molecule has 0 aliphatic carbocycles. The number of benzene rings is 2. The van der Waals surface area contributed by atoms with E-state index in [1.54, 1.807) is 43.3 Å². The van der Waals surface area contributed by atoms with Crippen molar-refractivity contribution in [1.29, 1.82) is 0 Å².